The zero-order valence-corrected chi connectivity index (χ0v) is 54.1. The summed E-state index contributed by atoms with van der Waals surface area (Å²) in [7, 11) is -5.54. The summed E-state index contributed by atoms with van der Waals surface area (Å²) in [5, 5.41) is 230. The van der Waals surface area contributed by atoms with Crippen LogP contribution in [0.5, 0.6) is 0 Å². The Morgan fingerprint density at radius 2 is 0.800 bits per heavy atom. The molecule has 0 spiro atoms. The second-order valence-electron chi connectivity index (χ2n) is 24.5. The van der Waals surface area contributed by atoms with Crippen LogP contribution in [0.25, 0.3) is 0 Å². The maximum Gasteiger partial charge on any atom is 0.397 e. The number of hydrogen-bond donors (Lipinski definition) is 25. The van der Waals surface area contributed by atoms with Crippen molar-refractivity contribution in [2.75, 3.05) is 46.2 Å². The number of ether oxygens (including phenoxy) is 13. The highest BCUT2D eigenvalue weighted by atomic mass is 32.3. The van der Waals surface area contributed by atoms with Gasteiger partial charge in [-0.05, 0) is 0 Å². The fraction of sp³-hybridized carbons (Fsp3) is 0.906. The predicted molar refractivity (Wildman–Crippen MR) is 306 cm³/mol. The molecular weight excluding hydrogens is 1400 g/mol. The first-order chi connectivity index (χ1) is 46.9. The Kier molecular flexibility index (Phi) is 29.4. The first-order valence-corrected chi connectivity index (χ1v) is 32.3. The molecule has 0 saturated carbocycles. The van der Waals surface area contributed by atoms with E-state index < -0.39 is 313 Å². The molecule has 0 radical (unpaired) electrons. The summed E-state index contributed by atoms with van der Waals surface area (Å²) in [6.45, 7) is -4.53. The highest BCUT2D eigenvalue weighted by molar-refractivity contribution is 7.80. The van der Waals surface area contributed by atoms with Crippen LogP contribution in [0.15, 0.2) is 0 Å². The first-order valence-electron chi connectivity index (χ1n) is 30.9. The summed E-state index contributed by atoms with van der Waals surface area (Å²) in [6, 6.07) is -7.44. The van der Waals surface area contributed by atoms with Gasteiger partial charge in [0.1, 0.15) is 165 Å². The minimum Gasteiger partial charge on any atom is -0.477 e. The maximum atomic E-state index is 13.2. The van der Waals surface area contributed by atoms with E-state index in [9.17, 15) is 139 Å². The monoisotopic (exact) mass is 1480 g/mol. The molecule has 0 aromatic rings. The van der Waals surface area contributed by atoms with Crippen molar-refractivity contribution >= 4 is 40.0 Å². The molecule has 7 fully saturated rings. The molecule has 7 rings (SSSR count). The molecule has 578 valence electrons. The zero-order valence-electron chi connectivity index (χ0n) is 53.2. The Bertz CT molecular complexity index is 2810. The van der Waals surface area contributed by atoms with Gasteiger partial charge in [-0.3, -0.25) is 23.7 Å². The minimum atomic E-state index is -5.54. The topological polar surface area (TPSA) is 722 Å². The van der Waals surface area contributed by atoms with Gasteiger partial charge in [-0.2, -0.15) is 8.42 Å². The lowest BCUT2D eigenvalue weighted by Crippen LogP contribution is -2.71. The Balaban J connectivity index is 1.14. The number of rotatable bonds is 28. The van der Waals surface area contributed by atoms with E-state index in [1.54, 1.807) is 0 Å². The van der Waals surface area contributed by atoms with Crippen LogP contribution in [0.3, 0.4) is 0 Å². The Morgan fingerprint density at radius 3 is 1.21 bits per heavy atom. The Hall–Kier alpha value is -4.06. The molecule has 7 saturated heterocycles. The van der Waals surface area contributed by atoms with Crippen molar-refractivity contribution in [1.29, 1.82) is 0 Å². The molecule has 0 bridgehead atoms. The van der Waals surface area contributed by atoms with E-state index in [1.165, 1.54) is 0 Å². The molecular formula is C53H88N4O42S. The number of aliphatic hydroxyl groups is 19. The molecule has 0 aromatic carbocycles. The summed E-state index contributed by atoms with van der Waals surface area (Å²) in [5.74, 6) is -9.17. The van der Waals surface area contributed by atoms with Crippen molar-refractivity contribution in [2.24, 2.45) is 0 Å². The molecule has 46 nitrogen and oxygen atoms in total. The number of carboxylic acid groups (broad SMARTS) is 1. The van der Waals surface area contributed by atoms with Crippen molar-refractivity contribution in [3.8, 4) is 0 Å². The van der Waals surface area contributed by atoms with Crippen LogP contribution in [0.2, 0.25) is 0 Å². The summed E-state index contributed by atoms with van der Waals surface area (Å²) in [6.07, 6.45) is -68.2. The van der Waals surface area contributed by atoms with Gasteiger partial charge < -0.3 is 185 Å². The van der Waals surface area contributed by atoms with Crippen molar-refractivity contribution < 1.29 is 205 Å². The second kappa shape index (κ2) is 35.4. The number of nitrogens with one attached hydrogen (secondary N) is 4. The van der Waals surface area contributed by atoms with Crippen LogP contribution in [0, 0.1) is 0 Å². The number of carbonyl (C=O) groups excluding carboxylic acids is 4. The third-order valence-corrected chi connectivity index (χ3v) is 17.8. The molecule has 4 amide bonds. The lowest BCUT2D eigenvalue weighted by atomic mass is 9.88. The number of hydrogen-bond acceptors (Lipinski definition) is 40. The van der Waals surface area contributed by atoms with Crippen LogP contribution in [0.4, 0.5) is 0 Å². The average molecular weight is 1490 g/mol. The zero-order chi connectivity index (χ0) is 74.5. The van der Waals surface area contributed by atoms with E-state index in [2.05, 4.69) is 25.5 Å². The van der Waals surface area contributed by atoms with Gasteiger partial charge in [0, 0.05) is 34.1 Å². The smallest absolute Gasteiger partial charge is 0.397 e. The lowest BCUT2D eigenvalue weighted by molar-refractivity contribution is -0.391. The largest absolute Gasteiger partial charge is 0.477 e. The van der Waals surface area contributed by atoms with E-state index in [0.717, 1.165) is 27.7 Å². The van der Waals surface area contributed by atoms with Gasteiger partial charge in [0.05, 0.1) is 58.4 Å². The van der Waals surface area contributed by atoms with Gasteiger partial charge in [0.25, 0.3) is 5.79 Å². The van der Waals surface area contributed by atoms with Crippen molar-refractivity contribution in [1.82, 2.24) is 21.3 Å². The third kappa shape index (κ3) is 18.9. The van der Waals surface area contributed by atoms with Crippen LogP contribution >= 0.6 is 0 Å². The number of aliphatic hydroxyl groups excluding tert-OH is 19. The molecule has 0 unspecified atom stereocenters. The minimum absolute atomic E-state index is 0.786. The molecule has 7 aliphatic rings. The van der Waals surface area contributed by atoms with Crippen LogP contribution in [-0.4, -0.2) is 411 Å². The van der Waals surface area contributed by atoms with Gasteiger partial charge in [0.2, 0.25) is 23.6 Å². The van der Waals surface area contributed by atoms with Crippen molar-refractivity contribution in [3.63, 3.8) is 0 Å². The van der Waals surface area contributed by atoms with Gasteiger partial charge in [-0.25, -0.2) is 8.98 Å². The standard InChI is InChI=1S/C53H88N4O42S/c1-13(64)54-25-17(68)5-53(52(81)82,98-42(25)29(70)18(69)6-58)99-45-33(74)22(10-62)90-51(38(45)79)94-40-24(12-86-100(83,84)85)92-48(27(35(40)76)56-15(3)66)97-43-31(72)20(8-60)88-49(36(43)77)93-39-23(11-63)91-47(26(34(39)75)55-14(2)65)96-44-32(73)21(9-61)89-50(37(44)78)95-41-28(57-16(4)67)46(80)87-19(7-59)30(41)71/h17-51,58-63,68-80H,5-12H2,1-4H3,(H,54,64)(H,55,65)(H,56,66)(H,57,67)(H,81,82)(H,83,84,85)/t17-,18+,19+,20+,21+,22+,23+,24+,25+,26+,27+,28+,29+,30-,31-,32-,33-,34+,35+,36+,37+,38+,39+,40+,41+,42+,43-,44-,45-,46-,47-,48-,49-,50-,51-,53-/m0/s1. The quantitative estimate of drug-likeness (QED) is 0.0324. The molecule has 7 aliphatic heterocycles. The predicted octanol–water partition coefficient (Wildman–Crippen LogP) is -16.7. The molecule has 25 N–H and O–H groups in total. The van der Waals surface area contributed by atoms with Crippen LogP contribution < -0.4 is 21.3 Å². The molecule has 0 aromatic heterocycles. The van der Waals surface area contributed by atoms with Gasteiger partial charge in [-0.1, -0.05) is 0 Å². The Morgan fingerprint density at radius 1 is 0.450 bits per heavy atom. The normalized spacial score (nSPS) is 44.8. The van der Waals surface area contributed by atoms with E-state index in [-0.39, 0.29) is 0 Å². The number of aliphatic carboxylic acids is 1. The van der Waals surface area contributed by atoms with E-state index in [4.69, 9.17) is 61.6 Å². The highest BCUT2D eigenvalue weighted by Crippen LogP contribution is 2.41. The summed E-state index contributed by atoms with van der Waals surface area (Å²) in [4.78, 5) is 63.2. The fourth-order valence-corrected chi connectivity index (χ4v) is 12.8. The van der Waals surface area contributed by atoms with E-state index >= 15 is 0 Å². The summed E-state index contributed by atoms with van der Waals surface area (Å²) in [5.41, 5.74) is 0. The van der Waals surface area contributed by atoms with E-state index in [1.807, 2.05) is 0 Å². The molecule has 7 heterocycles. The Labute approximate surface area is 565 Å². The van der Waals surface area contributed by atoms with Gasteiger partial charge >= 0.3 is 16.4 Å². The van der Waals surface area contributed by atoms with Gasteiger partial charge in [0.15, 0.2) is 37.7 Å². The molecule has 47 heteroatoms. The van der Waals surface area contributed by atoms with E-state index in [0.29, 0.717) is 0 Å². The average Bonchev–Trinajstić information content (AvgIpc) is 0.761. The first kappa shape index (κ1) is 83.2. The maximum absolute atomic E-state index is 13.2. The molecule has 36 atom stereocenters. The molecule has 0 aliphatic carbocycles. The number of carboxylic acids is 1. The van der Waals surface area contributed by atoms with Crippen LogP contribution in [-0.2, 0) is 100 Å². The summed E-state index contributed by atoms with van der Waals surface area (Å²) >= 11 is 0. The second-order valence-corrected chi connectivity index (χ2v) is 25.6. The lowest BCUT2D eigenvalue weighted by Gasteiger charge is -2.51. The number of carbonyl (C=O) groups is 5. The van der Waals surface area contributed by atoms with Crippen molar-refractivity contribution in [3.05, 3.63) is 0 Å². The fourth-order valence-electron chi connectivity index (χ4n) is 12.5. The summed E-state index contributed by atoms with van der Waals surface area (Å²) < 4.78 is 113. The number of amides is 4. The van der Waals surface area contributed by atoms with Crippen LogP contribution in [0.1, 0.15) is 34.1 Å². The highest BCUT2D eigenvalue weighted by Gasteiger charge is 2.62. The molecule has 100 heavy (non-hydrogen) atoms. The SMILES string of the molecule is CC(=O)N[C@@H]1[C@@H](O[C@@H]2O[C@H](CO)[C@H](O)[C@H](O[C@@H]3O[C@H](CO)[C@@H](O[C@@H]4O[C@H](CO)[C@H](O)[C@H](O[C@@H]5O[C@H](COS(=O)(=O)O)[C@@H](O[C@@H]6O[C@H](CO)[C@H](O)[C@H](O[C@]7(C(=O)O)C[C@H](O)[C@@H](NC(C)=O)[C@H]([C@H](O)[C@H](O)CO)O7)[C@H]6O)[C@H](O)[C@H]5NC(C)=O)[C@H]4O)[C@H](O)[C@H]3NC(C)=O)[C@H]2O)[C@@H](O)[C@@H](CO)O[C@@H]1O. The third-order valence-electron chi connectivity index (χ3n) is 17.3. The van der Waals surface area contributed by atoms with Crippen molar-refractivity contribution in [2.45, 2.75) is 254 Å². The van der Waals surface area contributed by atoms with Gasteiger partial charge in [-0.15, -0.1) is 0 Å².